The quantitative estimate of drug-likeness (QED) is 0.919. The van der Waals surface area contributed by atoms with E-state index < -0.39 is 11.4 Å². The third kappa shape index (κ3) is 4.09. The predicted octanol–water partition coefficient (Wildman–Crippen LogP) is 3.52. The molecule has 2 rings (SSSR count). The lowest BCUT2D eigenvalue weighted by Crippen LogP contribution is -2.55. The maximum atomic E-state index is 13.8. The lowest BCUT2D eigenvalue weighted by atomic mass is 9.81. The number of halogens is 3. The number of carbonyl (C=O) groups is 1. The second-order valence-electron chi connectivity index (χ2n) is 5.58. The number of hydrogen-bond donors (Lipinski definition) is 1. The third-order valence-corrected chi connectivity index (χ3v) is 4.33. The lowest BCUT2D eigenvalue weighted by Gasteiger charge is -2.35. The van der Waals surface area contributed by atoms with E-state index in [-0.39, 0.29) is 24.9 Å². The highest BCUT2D eigenvalue weighted by Gasteiger charge is 2.37. The summed E-state index contributed by atoms with van der Waals surface area (Å²) in [6.07, 6.45) is 4.45. The molecule has 0 aromatic heterocycles. The van der Waals surface area contributed by atoms with E-state index in [0.717, 1.165) is 19.3 Å². The molecule has 21 heavy (non-hydrogen) atoms. The molecule has 0 radical (unpaired) electrons. The fourth-order valence-corrected chi connectivity index (χ4v) is 2.99. The van der Waals surface area contributed by atoms with Gasteiger partial charge in [-0.15, -0.1) is 12.4 Å². The minimum Gasteiger partial charge on any atom is -0.340 e. The van der Waals surface area contributed by atoms with E-state index in [2.05, 4.69) is 0 Å². The number of nitrogens with two attached hydrogens (primary N) is 1. The van der Waals surface area contributed by atoms with Crippen molar-refractivity contribution in [2.24, 2.45) is 5.73 Å². The monoisotopic (exact) mass is 334 g/mol. The topological polar surface area (TPSA) is 46.3 Å². The predicted molar refractivity (Wildman–Crippen MR) is 85.1 cm³/mol. The van der Waals surface area contributed by atoms with Crippen molar-refractivity contribution in [3.63, 3.8) is 0 Å². The Morgan fingerprint density at radius 1 is 1.38 bits per heavy atom. The zero-order valence-electron chi connectivity index (χ0n) is 12.1. The average Bonchev–Trinajstić information content (AvgIpc) is 2.43. The van der Waals surface area contributed by atoms with E-state index >= 15 is 0 Å². The van der Waals surface area contributed by atoms with Crippen LogP contribution in [-0.2, 0) is 11.3 Å². The van der Waals surface area contributed by atoms with Gasteiger partial charge in [-0.25, -0.2) is 4.39 Å². The van der Waals surface area contributed by atoms with Gasteiger partial charge >= 0.3 is 0 Å². The highest BCUT2D eigenvalue weighted by Crippen LogP contribution is 2.28. The number of benzene rings is 1. The SMILES string of the molecule is CN(Cc1c(F)cccc1Cl)C(=O)C1(N)CCCCC1.Cl. The first kappa shape index (κ1) is 18.2. The van der Waals surface area contributed by atoms with Gasteiger partial charge in [-0.3, -0.25) is 4.79 Å². The van der Waals surface area contributed by atoms with Crippen LogP contribution in [0.15, 0.2) is 18.2 Å². The van der Waals surface area contributed by atoms with Gasteiger partial charge < -0.3 is 10.6 Å². The van der Waals surface area contributed by atoms with Gasteiger partial charge in [0.1, 0.15) is 5.82 Å². The molecule has 0 spiro atoms. The van der Waals surface area contributed by atoms with Gasteiger partial charge in [-0.2, -0.15) is 0 Å². The molecule has 118 valence electrons. The van der Waals surface area contributed by atoms with Crippen LogP contribution in [0.3, 0.4) is 0 Å². The number of nitrogens with zero attached hydrogens (tertiary/aromatic N) is 1. The molecule has 6 heteroatoms. The van der Waals surface area contributed by atoms with Crippen molar-refractivity contribution in [3.05, 3.63) is 34.6 Å². The van der Waals surface area contributed by atoms with E-state index in [1.165, 1.54) is 11.0 Å². The first-order valence-electron chi connectivity index (χ1n) is 6.91. The molecule has 0 atom stereocenters. The molecule has 0 bridgehead atoms. The van der Waals surface area contributed by atoms with Gasteiger partial charge in [0.05, 0.1) is 5.54 Å². The Labute approximate surface area is 136 Å². The van der Waals surface area contributed by atoms with Crippen LogP contribution in [0, 0.1) is 5.82 Å². The van der Waals surface area contributed by atoms with Crippen LogP contribution in [0.4, 0.5) is 4.39 Å². The minimum atomic E-state index is -0.801. The molecule has 1 fully saturated rings. The largest absolute Gasteiger partial charge is 0.340 e. The molecule has 0 aliphatic heterocycles. The second-order valence-corrected chi connectivity index (χ2v) is 5.99. The highest BCUT2D eigenvalue weighted by molar-refractivity contribution is 6.31. The van der Waals surface area contributed by atoms with Crippen molar-refractivity contribution in [2.75, 3.05) is 7.05 Å². The Hall–Kier alpha value is -0.840. The lowest BCUT2D eigenvalue weighted by molar-refractivity contribution is -0.137. The van der Waals surface area contributed by atoms with Gasteiger partial charge in [0.2, 0.25) is 5.91 Å². The van der Waals surface area contributed by atoms with Crippen molar-refractivity contribution in [1.82, 2.24) is 4.90 Å². The zero-order valence-corrected chi connectivity index (χ0v) is 13.6. The maximum absolute atomic E-state index is 13.8. The van der Waals surface area contributed by atoms with Gasteiger partial charge in [0, 0.05) is 24.2 Å². The molecule has 0 saturated heterocycles. The first-order valence-corrected chi connectivity index (χ1v) is 7.29. The zero-order chi connectivity index (χ0) is 14.8. The van der Waals surface area contributed by atoms with E-state index in [9.17, 15) is 9.18 Å². The molecule has 1 amide bonds. The molecule has 3 nitrogen and oxygen atoms in total. The van der Waals surface area contributed by atoms with Gasteiger partial charge in [-0.1, -0.05) is 36.9 Å². The Morgan fingerprint density at radius 3 is 2.57 bits per heavy atom. The van der Waals surface area contributed by atoms with Crippen molar-refractivity contribution in [3.8, 4) is 0 Å². The number of hydrogen-bond acceptors (Lipinski definition) is 2. The summed E-state index contributed by atoms with van der Waals surface area (Å²) in [6, 6.07) is 4.52. The van der Waals surface area contributed by atoms with E-state index in [1.54, 1.807) is 19.2 Å². The van der Waals surface area contributed by atoms with Gasteiger partial charge in [0.25, 0.3) is 0 Å². The van der Waals surface area contributed by atoms with Gasteiger partial charge in [-0.05, 0) is 25.0 Å². The summed E-state index contributed by atoms with van der Waals surface area (Å²) in [7, 11) is 1.65. The van der Waals surface area contributed by atoms with Crippen molar-refractivity contribution in [1.29, 1.82) is 0 Å². The van der Waals surface area contributed by atoms with Crippen LogP contribution in [0.1, 0.15) is 37.7 Å². The average molecular weight is 335 g/mol. The van der Waals surface area contributed by atoms with Crippen molar-refractivity contribution >= 4 is 29.9 Å². The van der Waals surface area contributed by atoms with Crippen LogP contribution >= 0.6 is 24.0 Å². The van der Waals surface area contributed by atoms with Gasteiger partial charge in [0.15, 0.2) is 0 Å². The second kappa shape index (κ2) is 7.43. The fraction of sp³-hybridized carbons (Fsp3) is 0.533. The summed E-state index contributed by atoms with van der Waals surface area (Å²) in [4.78, 5) is 14.0. The number of rotatable bonds is 3. The molecule has 1 aliphatic rings. The number of likely N-dealkylation sites (N-methyl/N-ethyl adjacent to an activating group) is 1. The normalized spacial score (nSPS) is 17.0. The van der Waals surface area contributed by atoms with E-state index in [0.29, 0.717) is 23.4 Å². The molecule has 0 unspecified atom stereocenters. The molecule has 0 heterocycles. The van der Waals surface area contributed by atoms with Crippen LogP contribution in [0.5, 0.6) is 0 Å². The van der Waals surface area contributed by atoms with Crippen molar-refractivity contribution < 1.29 is 9.18 Å². The molecule has 2 N–H and O–H groups in total. The molecule has 1 saturated carbocycles. The Balaban J connectivity index is 0.00000220. The summed E-state index contributed by atoms with van der Waals surface area (Å²) in [5.74, 6) is -0.525. The van der Waals surface area contributed by atoms with Crippen LogP contribution in [0.25, 0.3) is 0 Å². The summed E-state index contributed by atoms with van der Waals surface area (Å²) >= 11 is 5.99. The summed E-state index contributed by atoms with van der Waals surface area (Å²) < 4.78 is 13.8. The molecule has 1 aromatic rings. The number of carbonyl (C=O) groups excluding carboxylic acids is 1. The van der Waals surface area contributed by atoms with E-state index in [4.69, 9.17) is 17.3 Å². The van der Waals surface area contributed by atoms with Crippen LogP contribution in [-0.4, -0.2) is 23.4 Å². The summed E-state index contributed by atoms with van der Waals surface area (Å²) in [6.45, 7) is 0.142. The van der Waals surface area contributed by atoms with Crippen LogP contribution in [0.2, 0.25) is 5.02 Å². The van der Waals surface area contributed by atoms with Crippen LogP contribution < -0.4 is 5.73 Å². The standard InChI is InChI=1S/C15H20ClFN2O.ClH/c1-19(10-11-12(16)6-5-7-13(11)17)14(20)15(18)8-3-2-4-9-15;/h5-7H,2-4,8-10,18H2,1H3;1H. The summed E-state index contributed by atoms with van der Waals surface area (Å²) in [5.41, 5.74) is 5.75. The Bertz CT molecular complexity index is 484. The Morgan fingerprint density at radius 2 is 2.00 bits per heavy atom. The van der Waals surface area contributed by atoms with Crippen molar-refractivity contribution in [2.45, 2.75) is 44.2 Å². The minimum absolute atomic E-state index is 0. The molecule has 1 aliphatic carbocycles. The summed E-state index contributed by atoms with van der Waals surface area (Å²) in [5, 5.41) is 0.333. The fourth-order valence-electron chi connectivity index (χ4n) is 2.77. The maximum Gasteiger partial charge on any atom is 0.242 e. The molecular weight excluding hydrogens is 314 g/mol. The Kier molecular flexibility index (Phi) is 6.44. The first-order chi connectivity index (χ1) is 9.44. The smallest absolute Gasteiger partial charge is 0.242 e. The van der Waals surface area contributed by atoms with E-state index in [1.807, 2.05) is 0 Å². The molecule has 1 aromatic carbocycles. The highest BCUT2D eigenvalue weighted by atomic mass is 35.5. The number of amides is 1. The molecular formula is C15H21Cl2FN2O. The third-order valence-electron chi connectivity index (χ3n) is 3.98.